The van der Waals surface area contributed by atoms with Crippen molar-refractivity contribution >= 4 is 39.1 Å². The average Bonchev–Trinajstić information content (AvgIpc) is 3.45. The van der Waals surface area contributed by atoms with Gasteiger partial charge in [0.1, 0.15) is 17.2 Å². The lowest BCUT2D eigenvalue weighted by Gasteiger charge is -2.36. The molecule has 5 atom stereocenters. The van der Waals surface area contributed by atoms with E-state index >= 15 is 4.39 Å². The van der Waals surface area contributed by atoms with Crippen LogP contribution in [-0.2, 0) is 4.74 Å². The molecule has 4 fully saturated rings. The van der Waals surface area contributed by atoms with Gasteiger partial charge >= 0.3 is 6.01 Å². The third-order valence-electron chi connectivity index (χ3n) is 9.88. The molecule has 0 spiro atoms. The summed E-state index contributed by atoms with van der Waals surface area (Å²) in [5.74, 6) is -0.0901. The summed E-state index contributed by atoms with van der Waals surface area (Å²) in [5.41, 5.74) is 0.869. The number of morpholine rings is 1. The number of piperazine rings is 1. The maximum Gasteiger partial charge on any atom is 0.319 e. The minimum Gasteiger partial charge on any atom is -0.463 e. The van der Waals surface area contributed by atoms with Crippen molar-refractivity contribution in [1.29, 1.82) is 0 Å². The SMILES string of the molecule is CC(COc1nc(N2CC3CCC(C2)N3)c2cc(Cl)c(-c3cccc4ccc(F)cc34)c(F)c2n1)CN1C2CCC1COC2. The lowest BCUT2D eigenvalue weighted by Crippen LogP contribution is -2.51. The molecule has 5 heterocycles. The summed E-state index contributed by atoms with van der Waals surface area (Å²) in [6.45, 7) is 6.61. The molecule has 0 radical (unpaired) electrons. The first-order chi connectivity index (χ1) is 21.4. The van der Waals surface area contributed by atoms with E-state index in [0.29, 0.717) is 52.9 Å². The largest absolute Gasteiger partial charge is 0.463 e. The molecule has 5 unspecified atom stereocenters. The molecule has 1 aromatic heterocycles. The predicted molar refractivity (Wildman–Crippen MR) is 169 cm³/mol. The summed E-state index contributed by atoms with van der Waals surface area (Å²) in [5, 5.41) is 5.82. The molecule has 0 amide bonds. The zero-order valence-electron chi connectivity index (χ0n) is 24.7. The second-order valence-corrected chi connectivity index (χ2v) is 13.4. The van der Waals surface area contributed by atoms with Crippen LogP contribution in [0.5, 0.6) is 6.01 Å². The maximum atomic E-state index is 16.8. The van der Waals surface area contributed by atoms with Crippen LogP contribution in [0.4, 0.5) is 14.6 Å². The van der Waals surface area contributed by atoms with E-state index in [9.17, 15) is 4.39 Å². The molecule has 0 saturated carbocycles. The van der Waals surface area contributed by atoms with Crippen LogP contribution in [0.15, 0.2) is 42.5 Å². The topological polar surface area (TPSA) is 62.8 Å². The highest BCUT2D eigenvalue weighted by atomic mass is 35.5. The van der Waals surface area contributed by atoms with Crippen molar-refractivity contribution in [3.05, 3.63) is 59.1 Å². The van der Waals surface area contributed by atoms with Crippen molar-refractivity contribution < 1.29 is 18.3 Å². The van der Waals surface area contributed by atoms with E-state index in [4.69, 9.17) is 26.1 Å². The molecular weight excluding hydrogens is 584 g/mol. The Morgan fingerprint density at radius 2 is 1.77 bits per heavy atom. The van der Waals surface area contributed by atoms with Crippen molar-refractivity contribution in [3.8, 4) is 17.1 Å². The standard InChI is InChI=1S/C34H36ClF2N5O2/c1-19(13-42-24-9-10-25(42)18-43-17-24)16-44-34-39-32-28(33(40-34)41-14-22-7-8-23(15-41)38-22)12-29(35)30(31(32)37)26-4-2-3-20-5-6-21(36)11-27(20)26/h2-6,11-12,19,22-25,38H,7-10,13-18H2,1H3. The normalized spacial score (nSPS) is 25.7. The van der Waals surface area contributed by atoms with Crippen molar-refractivity contribution in [3.63, 3.8) is 0 Å². The number of halogens is 3. The van der Waals surface area contributed by atoms with Crippen LogP contribution in [0.3, 0.4) is 0 Å². The number of rotatable bonds is 7. The molecule has 0 aliphatic carbocycles. The van der Waals surface area contributed by atoms with Crippen LogP contribution < -0.4 is 15.0 Å². The minimum absolute atomic E-state index is 0.155. The molecular formula is C34H36ClF2N5O2. The van der Waals surface area contributed by atoms with Gasteiger partial charge in [-0.05, 0) is 60.2 Å². The Bertz CT molecular complexity index is 1710. The van der Waals surface area contributed by atoms with Gasteiger partial charge in [-0.25, -0.2) is 8.78 Å². The van der Waals surface area contributed by atoms with Crippen molar-refractivity contribution in [2.24, 2.45) is 5.92 Å². The molecule has 3 aromatic carbocycles. The van der Waals surface area contributed by atoms with E-state index in [1.165, 1.54) is 25.0 Å². The summed E-state index contributed by atoms with van der Waals surface area (Å²) in [6.07, 6.45) is 4.56. The highest BCUT2D eigenvalue weighted by Crippen LogP contribution is 2.42. The quantitative estimate of drug-likeness (QED) is 0.264. The number of fused-ring (bicyclic) bond motifs is 6. The van der Waals surface area contributed by atoms with Crippen LogP contribution in [0.1, 0.15) is 32.6 Å². The third-order valence-corrected chi connectivity index (χ3v) is 10.2. The Morgan fingerprint density at radius 1 is 1.00 bits per heavy atom. The van der Waals surface area contributed by atoms with Gasteiger partial charge < -0.3 is 19.7 Å². The van der Waals surface area contributed by atoms with Gasteiger partial charge in [0.2, 0.25) is 0 Å². The second-order valence-electron chi connectivity index (χ2n) is 13.0. The van der Waals surface area contributed by atoms with Crippen LogP contribution in [0.25, 0.3) is 32.8 Å². The summed E-state index contributed by atoms with van der Waals surface area (Å²) >= 11 is 6.86. The molecule has 4 aromatic rings. The van der Waals surface area contributed by atoms with E-state index in [1.807, 2.05) is 12.1 Å². The van der Waals surface area contributed by atoms with E-state index < -0.39 is 11.6 Å². The monoisotopic (exact) mass is 619 g/mol. The molecule has 4 aliphatic heterocycles. The van der Waals surface area contributed by atoms with Gasteiger partial charge in [-0.1, -0.05) is 42.8 Å². The van der Waals surface area contributed by atoms with Crippen molar-refractivity contribution in [2.45, 2.75) is 56.8 Å². The van der Waals surface area contributed by atoms with Crippen molar-refractivity contribution in [2.75, 3.05) is 44.4 Å². The van der Waals surface area contributed by atoms with Crippen LogP contribution in [0, 0.1) is 17.6 Å². The first-order valence-electron chi connectivity index (χ1n) is 15.8. The van der Waals surface area contributed by atoms with E-state index in [2.05, 4.69) is 27.0 Å². The third kappa shape index (κ3) is 5.07. The van der Waals surface area contributed by atoms with Gasteiger partial charge in [0.15, 0.2) is 5.82 Å². The Hall–Kier alpha value is -3.11. The summed E-state index contributed by atoms with van der Waals surface area (Å²) in [6, 6.07) is 13.6. The number of anilines is 1. The number of benzene rings is 3. The minimum atomic E-state index is -0.561. The molecule has 4 bridgehead atoms. The molecule has 8 rings (SSSR count). The molecule has 44 heavy (non-hydrogen) atoms. The zero-order chi connectivity index (χ0) is 29.9. The predicted octanol–water partition coefficient (Wildman–Crippen LogP) is 6.20. The molecule has 7 nitrogen and oxygen atoms in total. The van der Waals surface area contributed by atoms with Gasteiger partial charge in [-0.15, -0.1) is 0 Å². The summed E-state index contributed by atoms with van der Waals surface area (Å²) in [7, 11) is 0. The van der Waals surface area contributed by atoms with Gasteiger partial charge in [-0.2, -0.15) is 9.97 Å². The highest BCUT2D eigenvalue weighted by molar-refractivity contribution is 6.35. The second kappa shape index (κ2) is 11.4. The Morgan fingerprint density at radius 3 is 2.55 bits per heavy atom. The number of aromatic nitrogens is 2. The average molecular weight is 620 g/mol. The van der Waals surface area contributed by atoms with E-state index in [0.717, 1.165) is 51.1 Å². The van der Waals surface area contributed by atoms with Crippen molar-refractivity contribution in [1.82, 2.24) is 20.2 Å². The Kier molecular flexibility index (Phi) is 7.32. The number of ether oxygens (including phenoxy) is 2. The molecule has 10 heteroatoms. The molecule has 230 valence electrons. The van der Waals surface area contributed by atoms with Gasteiger partial charge in [0.25, 0.3) is 0 Å². The smallest absolute Gasteiger partial charge is 0.319 e. The summed E-state index contributed by atoms with van der Waals surface area (Å²) < 4.78 is 43.1. The van der Waals surface area contributed by atoms with Crippen LogP contribution in [-0.4, -0.2) is 78.5 Å². The first-order valence-corrected chi connectivity index (χ1v) is 16.1. The number of nitrogens with zero attached hydrogens (tertiary/aromatic N) is 4. The summed E-state index contributed by atoms with van der Waals surface area (Å²) in [4.78, 5) is 14.3. The Balaban J connectivity index is 1.18. The lowest BCUT2D eigenvalue weighted by atomic mass is 9.96. The fourth-order valence-electron chi connectivity index (χ4n) is 7.79. The van der Waals surface area contributed by atoms with Crippen LogP contribution in [0.2, 0.25) is 5.02 Å². The molecule has 4 saturated heterocycles. The maximum absolute atomic E-state index is 16.8. The number of hydrogen-bond acceptors (Lipinski definition) is 7. The fourth-order valence-corrected chi connectivity index (χ4v) is 8.08. The molecule has 1 N–H and O–H groups in total. The number of hydrogen-bond donors (Lipinski definition) is 1. The number of nitrogens with one attached hydrogen (secondary N) is 1. The highest BCUT2D eigenvalue weighted by Gasteiger charge is 2.38. The van der Waals surface area contributed by atoms with Gasteiger partial charge in [0.05, 0.1) is 24.8 Å². The zero-order valence-corrected chi connectivity index (χ0v) is 25.5. The van der Waals surface area contributed by atoms with Gasteiger partial charge in [-0.3, -0.25) is 4.90 Å². The Labute approximate surface area is 260 Å². The fraction of sp³-hybridized carbons (Fsp3) is 0.471. The molecule has 4 aliphatic rings. The lowest BCUT2D eigenvalue weighted by molar-refractivity contribution is -0.0229. The van der Waals surface area contributed by atoms with Gasteiger partial charge in [0, 0.05) is 60.7 Å². The van der Waals surface area contributed by atoms with Crippen LogP contribution >= 0.6 is 11.6 Å². The first kappa shape index (κ1) is 28.4. The van der Waals surface area contributed by atoms with E-state index in [-0.39, 0.29) is 28.0 Å². The van der Waals surface area contributed by atoms with E-state index in [1.54, 1.807) is 18.2 Å².